The minimum atomic E-state index is -1.01. The van der Waals surface area contributed by atoms with Gasteiger partial charge in [0.1, 0.15) is 12.4 Å². The fourth-order valence-electron chi connectivity index (χ4n) is 2.68. The molecule has 0 aliphatic heterocycles. The zero-order valence-corrected chi connectivity index (χ0v) is 16.7. The molecule has 2 amide bonds. The predicted octanol–water partition coefficient (Wildman–Crippen LogP) is 2.54. The lowest BCUT2D eigenvalue weighted by Gasteiger charge is -2.14. The second-order valence-corrected chi connectivity index (χ2v) is 6.68. The molecule has 160 valence electrons. The van der Waals surface area contributed by atoms with E-state index in [1.165, 1.54) is 6.07 Å². The molecule has 0 aliphatic carbocycles. The van der Waals surface area contributed by atoms with Gasteiger partial charge in [0.15, 0.2) is 0 Å². The van der Waals surface area contributed by atoms with E-state index >= 15 is 0 Å². The van der Waals surface area contributed by atoms with Gasteiger partial charge in [0.25, 0.3) is 5.91 Å². The number of carbonyl (C=O) groups is 3. The number of aliphatic carboxylic acids is 1. The normalized spacial score (nSPS) is 10.3. The van der Waals surface area contributed by atoms with Crippen molar-refractivity contribution in [2.75, 3.05) is 18.4 Å². The van der Waals surface area contributed by atoms with E-state index in [1.807, 2.05) is 30.3 Å². The molecule has 0 aliphatic rings. The Morgan fingerprint density at radius 3 is 2.47 bits per heavy atom. The van der Waals surface area contributed by atoms with Gasteiger partial charge in [-0.15, -0.1) is 0 Å². The summed E-state index contributed by atoms with van der Waals surface area (Å²) in [6, 6.07) is 14.3. The maximum Gasteiger partial charge on any atom is 0.305 e. The Kier molecular flexibility index (Phi) is 9.33. The molecule has 0 radical (unpaired) electrons. The standard InChI is InChI=1S/C22H27N3O5/c23-12-5-4-8-20(26)25-17-9-10-19(30-15-16-6-2-1-3-7-16)18(14-17)22(29)24-13-11-21(27)28/h1-3,6-7,9-10,14H,4-5,8,11-13,15,23H2,(H,24,29)(H,25,26)(H,27,28). The Bertz CT molecular complexity index is 855. The van der Waals surface area contributed by atoms with Gasteiger partial charge in [-0.05, 0) is 43.1 Å². The zero-order chi connectivity index (χ0) is 21.8. The smallest absolute Gasteiger partial charge is 0.305 e. The molecule has 0 bridgehead atoms. The Balaban J connectivity index is 2.12. The number of carboxylic acid groups (broad SMARTS) is 1. The molecule has 0 heterocycles. The lowest BCUT2D eigenvalue weighted by atomic mass is 10.1. The van der Waals surface area contributed by atoms with E-state index < -0.39 is 11.9 Å². The number of carbonyl (C=O) groups excluding carboxylic acids is 2. The second-order valence-electron chi connectivity index (χ2n) is 6.68. The molecule has 30 heavy (non-hydrogen) atoms. The summed E-state index contributed by atoms with van der Waals surface area (Å²) in [7, 11) is 0. The largest absolute Gasteiger partial charge is 0.488 e. The fourth-order valence-corrected chi connectivity index (χ4v) is 2.68. The quantitative estimate of drug-likeness (QED) is 0.396. The van der Waals surface area contributed by atoms with Crippen LogP contribution in [-0.4, -0.2) is 36.0 Å². The third kappa shape index (κ3) is 7.92. The summed E-state index contributed by atoms with van der Waals surface area (Å²) in [5, 5.41) is 14.1. The van der Waals surface area contributed by atoms with Crippen molar-refractivity contribution in [2.24, 2.45) is 5.73 Å². The Morgan fingerprint density at radius 1 is 1.00 bits per heavy atom. The highest BCUT2D eigenvalue weighted by atomic mass is 16.5. The van der Waals surface area contributed by atoms with Gasteiger partial charge in [0, 0.05) is 18.7 Å². The van der Waals surface area contributed by atoms with E-state index in [4.69, 9.17) is 15.6 Å². The van der Waals surface area contributed by atoms with Crippen molar-refractivity contribution in [3.63, 3.8) is 0 Å². The average Bonchev–Trinajstić information content (AvgIpc) is 2.73. The van der Waals surface area contributed by atoms with Crippen LogP contribution in [0.5, 0.6) is 5.75 Å². The third-order valence-electron chi connectivity index (χ3n) is 4.23. The van der Waals surface area contributed by atoms with Crippen molar-refractivity contribution >= 4 is 23.5 Å². The van der Waals surface area contributed by atoms with Crippen LogP contribution in [0.15, 0.2) is 48.5 Å². The molecular formula is C22H27N3O5. The topological polar surface area (TPSA) is 131 Å². The maximum absolute atomic E-state index is 12.6. The number of hydrogen-bond acceptors (Lipinski definition) is 5. The lowest BCUT2D eigenvalue weighted by Crippen LogP contribution is -2.26. The van der Waals surface area contributed by atoms with E-state index in [0.717, 1.165) is 12.0 Å². The van der Waals surface area contributed by atoms with Crippen LogP contribution in [0, 0.1) is 0 Å². The Morgan fingerprint density at radius 2 is 1.77 bits per heavy atom. The van der Waals surface area contributed by atoms with Gasteiger partial charge >= 0.3 is 5.97 Å². The van der Waals surface area contributed by atoms with Crippen LogP contribution in [0.25, 0.3) is 0 Å². The number of nitrogens with two attached hydrogens (primary N) is 1. The van der Waals surface area contributed by atoms with Crippen LogP contribution in [0.2, 0.25) is 0 Å². The highest BCUT2D eigenvalue weighted by molar-refractivity contribution is 5.99. The summed E-state index contributed by atoms with van der Waals surface area (Å²) in [5.41, 5.74) is 7.06. The Hall–Kier alpha value is -3.39. The number of rotatable bonds is 12. The van der Waals surface area contributed by atoms with E-state index in [-0.39, 0.29) is 31.0 Å². The van der Waals surface area contributed by atoms with Gasteiger partial charge in [-0.1, -0.05) is 30.3 Å². The first kappa shape index (κ1) is 22.9. The van der Waals surface area contributed by atoms with Gasteiger partial charge in [0.05, 0.1) is 12.0 Å². The van der Waals surface area contributed by atoms with Crippen LogP contribution in [0.3, 0.4) is 0 Å². The van der Waals surface area contributed by atoms with Crippen LogP contribution in [-0.2, 0) is 16.2 Å². The van der Waals surface area contributed by atoms with Gasteiger partial charge in [0.2, 0.25) is 5.91 Å². The molecule has 0 saturated carbocycles. The van der Waals surface area contributed by atoms with Crippen molar-refractivity contribution in [3.05, 3.63) is 59.7 Å². The van der Waals surface area contributed by atoms with E-state index in [2.05, 4.69) is 10.6 Å². The molecule has 0 atom stereocenters. The summed E-state index contributed by atoms with van der Waals surface area (Å²) in [5.74, 6) is -1.31. The predicted molar refractivity (Wildman–Crippen MR) is 113 cm³/mol. The van der Waals surface area contributed by atoms with Gasteiger partial charge < -0.3 is 26.2 Å². The van der Waals surface area contributed by atoms with E-state index in [0.29, 0.717) is 30.8 Å². The number of carboxylic acids is 1. The maximum atomic E-state index is 12.6. The molecule has 0 saturated heterocycles. The fraction of sp³-hybridized carbons (Fsp3) is 0.318. The van der Waals surface area contributed by atoms with Crippen molar-refractivity contribution in [1.29, 1.82) is 0 Å². The molecule has 2 rings (SSSR count). The first-order valence-electron chi connectivity index (χ1n) is 9.80. The minimum Gasteiger partial charge on any atom is -0.488 e. The number of ether oxygens (including phenoxy) is 1. The van der Waals surface area contributed by atoms with Crippen molar-refractivity contribution in [2.45, 2.75) is 32.3 Å². The second kappa shape index (κ2) is 12.2. The summed E-state index contributed by atoms with van der Waals surface area (Å²) >= 11 is 0. The summed E-state index contributed by atoms with van der Waals surface area (Å²) < 4.78 is 5.81. The third-order valence-corrected chi connectivity index (χ3v) is 4.23. The highest BCUT2D eigenvalue weighted by Crippen LogP contribution is 2.24. The first-order chi connectivity index (χ1) is 14.5. The number of amides is 2. The first-order valence-corrected chi connectivity index (χ1v) is 9.80. The number of nitrogens with one attached hydrogen (secondary N) is 2. The Labute approximate surface area is 175 Å². The monoisotopic (exact) mass is 413 g/mol. The summed E-state index contributed by atoms with van der Waals surface area (Å²) in [4.78, 5) is 35.4. The molecule has 0 spiro atoms. The van der Waals surface area contributed by atoms with Crippen LogP contribution in [0.1, 0.15) is 41.6 Å². The van der Waals surface area contributed by atoms with Crippen molar-refractivity contribution in [1.82, 2.24) is 5.32 Å². The highest BCUT2D eigenvalue weighted by Gasteiger charge is 2.15. The molecule has 2 aromatic carbocycles. The van der Waals surface area contributed by atoms with Crippen LogP contribution in [0.4, 0.5) is 5.69 Å². The zero-order valence-electron chi connectivity index (χ0n) is 16.7. The van der Waals surface area contributed by atoms with Crippen LogP contribution < -0.4 is 21.1 Å². The molecule has 5 N–H and O–H groups in total. The minimum absolute atomic E-state index is 0.0119. The number of unbranched alkanes of at least 4 members (excludes halogenated alkanes) is 1. The number of anilines is 1. The summed E-state index contributed by atoms with van der Waals surface area (Å²) in [6.45, 7) is 0.782. The average molecular weight is 413 g/mol. The molecule has 0 aromatic heterocycles. The van der Waals surface area contributed by atoms with Gasteiger partial charge in [-0.2, -0.15) is 0 Å². The lowest BCUT2D eigenvalue weighted by molar-refractivity contribution is -0.136. The molecular weight excluding hydrogens is 386 g/mol. The molecule has 0 fully saturated rings. The summed E-state index contributed by atoms with van der Waals surface area (Å²) in [6.07, 6.45) is 1.59. The SMILES string of the molecule is NCCCCC(=O)Nc1ccc(OCc2ccccc2)c(C(=O)NCCC(=O)O)c1. The van der Waals surface area contributed by atoms with Crippen molar-refractivity contribution in [3.8, 4) is 5.75 Å². The number of hydrogen-bond donors (Lipinski definition) is 4. The van der Waals surface area contributed by atoms with E-state index in [9.17, 15) is 14.4 Å². The molecule has 8 nitrogen and oxygen atoms in total. The van der Waals surface area contributed by atoms with Crippen LogP contribution >= 0.6 is 0 Å². The molecule has 8 heteroatoms. The number of benzene rings is 2. The van der Waals surface area contributed by atoms with E-state index in [1.54, 1.807) is 12.1 Å². The van der Waals surface area contributed by atoms with Crippen molar-refractivity contribution < 1.29 is 24.2 Å². The van der Waals surface area contributed by atoms with Gasteiger partial charge in [-0.3, -0.25) is 14.4 Å². The molecule has 2 aromatic rings. The molecule has 0 unspecified atom stereocenters. The van der Waals surface area contributed by atoms with Gasteiger partial charge in [-0.25, -0.2) is 0 Å².